The monoisotopic (exact) mass is 262 g/mol. The largest absolute Gasteiger partial charge is 0.322 e. The summed E-state index contributed by atoms with van der Waals surface area (Å²) >= 11 is 5.40. The number of imidazole rings is 1. The van der Waals surface area contributed by atoms with Gasteiger partial charge in [-0.1, -0.05) is 13.8 Å². The second-order valence-corrected chi connectivity index (χ2v) is 5.48. The first-order valence-corrected chi connectivity index (χ1v) is 6.30. The Balaban J connectivity index is 2.65. The van der Waals surface area contributed by atoms with E-state index in [0.717, 1.165) is 22.7 Å². The van der Waals surface area contributed by atoms with Gasteiger partial charge in [0.25, 0.3) is 0 Å². The molecular weight excluding hydrogens is 248 g/mol. The Morgan fingerprint density at radius 3 is 2.85 bits per heavy atom. The van der Waals surface area contributed by atoms with Crippen LogP contribution in [0, 0.1) is 0 Å². The van der Waals surface area contributed by atoms with Gasteiger partial charge in [-0.2, -0.15) is 11.8 Å². The predicted molar refractivity (Wildman–Crippen MR) is 62.0 cm³/mol. The Morgan fingerprint density at radius 1 is 1.62 bits per heavy atom. The highest BCUT2D eigenvalue weighted by Crippen LogP contribution is 2.19. The number of rotatable bonds is 4. The summed E-state index contributed by atoms with van der Waals surface area (Å²) in [5.74, 6) is 2.16. The Bertz CT molecular complexity index is 271. The van der Waals surface area contributed by atoms with Crippen LogP contribution in [0.1, 0.15) is 26.6 Å². The third-order valence-corrected chi connectivity index (χ3v) is 3.48. The molecule has 2 nitrogen and oxygen atoms in total. The van der Waals surface area contributed by atoms with Gasteiger partial charge in [0.15, 0.2) is 0 Å². The van der Waals surface area contributed by atoms with Crippen LogP contribution in [0.3, 0.4) is 0 Å². The van der Waals surface area contributed by atoms with Crippen LogP contribution in [-0.2, 0) is 12.3 Å². The Labute approximate surface area is 92.3 Å². The van der Waals surface area contributed by atoms with Gasteiger partial charge in [-0.3, -0.25) is 0 Å². The standard InChI is InChI=1S/C9H15BrN2S/c1-4-12-8(10)5-11-9(12)6-13-7(2)3/h5,7H,4,6H2,1-3H3. The molecule has 1 aromatic heterocycles. The van der Waals surface area contributed by atoms with Crippen LogP contribution >= 0.6 is 27.7 Å². The van der Waals surface area contributed by atoms with Crippen molar-refractivity contribution >= 4 is 27.7 Å². The molecule has 0 aliphatic carbocycles. The number of aromatic nitrogens is 2. The Morgan fingerprint density at radius 2 is 2.31 bits per heavy atom. The fourth-order valence-electron chi connectivity index (χ4n) is 1.08. The summed E-state index contributed by atoms with van der Waals surface area (Å²) < 4.78 is 3.27. The maximum absolute atomic E-state index is 4.35. The van der Waals surface area contributed by atoms with Crippen molar-refractivity contribution in [1.82, 2.24) is 9.55 Å². The van der Waals surface area contributed by atoms with E-state index in [-0.39, 0.29) is 0 Å². The molecule has 4 heteroatoms. The van der Waals surface area contributed by atoms with Crippen molar-refractivity contribution in [3.63, 3.8) is 0 Å². The van der Waals surface area contributed by atoms with Crippen molar-refractivity contribution < 1.29 is 0 Å². The molecule has 0 atom stereocenters. The van der Waals surface area contributed by atoms with Gasteiger partial charge in [-0.15, -0.1) is 0 Å². The minimum Gasteiger partial charge on any atom is -0.322 e. The van der Waals surface area contributed by atoms with Crippen LogP contribution in [0.5, 0.6) is 0 Å². The zero-order valence-corrected chi connectivity index (χ0v) is 10.7. The maximum atomic E-state index is 4.35. The van der Waals surface area contributed by atoms with E-state index in [1.54, 1.807) is 0 Å². The summed E-state index contributed by atoms with van der Waals surface area (Å²) in [6.45, 7) is 7.53. The summed E-state index contributed by atoms with van der Waals surface area (Å²) in [6, 6.07) is 0. The number of nitrogens with zero attached hydrogens (tertiary/aromatic N) is 2. The molecule has 0 fully saturated rings. The Kier molecular flexibility index (Phi) is 4.32. The van der Waals surface area contributed by atoms with Gasteiger partial charge in [-0.25, -0.2) is 4.98 Å². The minimum absolute atomic E-state index is 0.667. The quantitative estimate of drug-likeness (QED) is 0.829. The molecule has 0 saturated heterocycles. The minimum atomic E-state index is 0.667. The molecular formula is C9H15BrN2S. The molecule has 0 aliphatic rings. The van der Waals surface area contributed by atoms with Gasteiger partial charge in [0.1, 0.15) is 10.4 Å². The van der Waals surface area contributed by atoms with E-state index < -0.39 is 0 Å². The lowest BCUT2D eigenvalue weighted by atomic mass is 10.6. The average molecular weight is 263 g/mol. The SMILES string of the molecule is CCn1c(Br)cnc1CSC(C)C. The third kappa shape index (κ3) is 3.02. The molecule has 0 unspecified atom stereocenters. The number of halogens is 1. The number of hydrogen-bond acceptors (Lipinski definition) is 2. The predicted octanol–water partition coefficient (Wildman–Crippen LogP) is 3.31. The van der Waals surface area contributed by atoms with Crippen molar-refractivity contribution in [1.29, 1.82) is 0 Å². The molecule has 0 amide bonds. The molecule has 1 aromatic rings. The Hall–Kier alpha value is 0.0400. The van der Waals surface area contributed by atoms with E-state index in [1.165, 1.54) is 0 Å². The first-order chi connectivity index (χ1) is 6.15. The first-order valence-electron chi connectivity index (χ1n) is 4.46. The maximum Gasteiger partial charge on any atom is 0.119 e. The molecule has 0 N–H and O–H groups in total. The van der Waals surface area contributed by atoms with Crippen molar-refractivity contribution in [2.24, 2.45) is 0 Å². The van der Waals surface area contributed by atoms with Gasteiger partial charge in [0, 0.05) is 6.54 Å². The fourth-order valence-corrected chi connectivity index (χ4v) is 2.35. The first kappa shape index (κ1) is 11.1. The summed E-state index contributed by atoms with van der Waals surface area (Å²) in [5.41, 5.74) is 0. The molecule has 0 saturated carbocycles. The molecule has 0 aromatic carbocycles. The highest BCUT2D eigenvalue weighted by molar-refractivity contribution is 9.10. The molecule has 74 valence electrons. The summed E-state index contributed by atoms with van der Waals surface area (Å²) in [5, 5.41) is 0.667. The molecule has 1 heterocycles. The summed E-state index contributed by atoms with van der Waals surface area (Å²) in [4.78, 5) is 4.35. The van der Waals surface area contributed by atoms with E-state index >= 15 is 0 Å². The van der Waals surface area contributed by atoms with Crippen molar-refractivity contribution in [2.45, 2.75) is 38.3 Å². The average Bonchev–Trinajstić information content (AvgIpc) is 2.42. The third-order valence-electron chi connectivity index (χ3n) is 1.75. The lowest BCUT2D eigenvalue weighted by Crippen LogP contribution is -2.02. The van der Waals surface area contributed by atoms with Crippen LogP contribution in [0.4, 0.5) is 0 Å². The van der Waals surface area contributed by atoms with Gasteiger partial charge in [-0.05, 0) is 28.1 Å². The molecule has 13 heavy (non-hydrogen) atoms. The second-order valence-electron chi connectivity index (χ2n) is 3.10. The summed E-state index contributed by atoms with van der Waals surface area (Å²) in [7, 11) is 0. The fraction of sp³-hybridized carbons (Fsp3) is 0.667. The van der Waals surface area contributed by atoms with Gasteiger partial charge in [0.05, 0.1) is 11.9 Å². The highest BCUT2D eigenvalue weighted by atomic mass is 79.9. The lowest BCUT2D eigenvalue weighted by molar-refractivity contribution is 0.711. The molecule has 0 radical (unpaired) electrons. The second kappa shape index (κ2) is 5.05. The molecule has 0 spiro atoms. The zero-order valence-electron chi connectivity index (χ0n) is 8.25. The topological polar surface area (TPSA) is 17.8 Å². The van der Waals surface area contributed by atoms with Crippen LogP contribution in [0.2, 0.25) is 0 Å². The number of thioether (sulfide) groups is 1. The van der Waals surface area contributed by atoms with Crippen LogP contribution < -0.4 is 0 Å². The van der Waals surface area contributed by atoms with Crippen molar-refractivity contribution in [3.05, 3.63) is 16.6 Å². The zero-order chi connectivity index (χ0) is 9.84. The molecule has 0 aliphatic heterocycles. The van der Waals surface area contributed by atoms with E-state index in [0.29, 0.717) is 5.25 Å². The van der Waals surface area contributed by atoms with Crippen molar-refractivity contribution in [2.75, 3.05) is 0 Å². The van der Waals surface area contributed by atoms with Crippen molar-refractivity contribution in [3.8, 4) is 0 Å². The van der Waals surface area contributed by atoms with Gasteiger partial charge in [0.2, 0.25) is 0 Å². The smallest absolute Gasteiger partial charge is 0.119 e. The van der Waals surface area contributed by atoms with E-state index in [9.17, 15) is 0 Å². The molecule has 0 bridgehead atoms. The number of hydrogen-bond donors (Lipinski definition) is 0. The van der Waals surface area contributed by atoms with Crippen LogP contribution in [-0.4, -0.2) is 14.8 Å². The van der Waals surface area contributed by atoms with Crippen LogP contribution in [0.25, 0.3) is 0 Å². The van der Waals surface area contributed by atoms with Gasteiger partial charge >= 0.3 is 0 Å². The van der Waals surface area contributed by atoms with E-state index in [1.807, 2.05) is 18.0 Å². The van der Waals surface area contributed by atoms with Crippen LogP contribution in [0.15, 0.2) is 10.8 Å². The molecule has 1 rings (SSSR count). The lowest BCUT2D eigenvalue weighted by Gasteiger charge is -2.07. The van der Waals surface area contributed by atoms with Gasteiger partial charge < -0.3 is 4.57 Å². The highest BCUT2D eigenvalue weighted by Gasteiger charge is 2.06. The summed E-state index contributed by atoms with van der Waals surface area (Å²) in [6.07, 6.45) is 1.87. The normalized spacial score (nSPS) is 11.2. The van der Waals surface area contributed by atoms with E-state index in [4.69, 9.17) is 0 Å². The van der Waals surface area contributed by atoms with E-state index in [2.05, 4.69) is 46.3 Å².